The standard InChI is InChI=1S/C37H50N2O11S2Si/c1-36(2)29-25-27(51(42,43)44)18-20-31(29)38(22-13-9-12-17-35(40)41)33(36)15-10-8-11-16-34-37(3,4)30-26-28(52(45,46)47)19-21-32(30)39(34)23-14-24-53(48-5,49-6)50-7/h8,10-11,15-16,18-21,25-26H,9,12-14,17,22-24H2,1-7H3,(H2-,40,41,42,43,44,45,46,47)/p+1. The van der Waals surface area contributed by atoms with Crippen molar-refractivity contribution in [2.75, 3.05) is 39.3 Å². The molecule has 2 aliphatic heterocycles. The second-order valence-corrected chi connectivity index (χ2v) is 20.1. The van der Waals surface area contributed by atoms with E-state index in [0.717, 1.165) is 40.3 Å². The number of nitrogens with zero attached hydrogens (tertiary/aromatic N) is 2. The average molecular weight is 792 g/mol. The molecule has 2 aromatic carbocycles. The first-order valence-corrected chi connectivity index (χ1v) is 22.1. The summed E-state index contributed by atoms with van der Waals surface area (Å²) in [5, 5.41) is 9.04. The Bertz CT molecular complexity index is 2040. The van der Waals surface area contributed by atoms with Gasteiger partial charge in [-0.1, -0.05) is 32.1 Å². The number of carboxylic acids is 1. The molecule has 0 saturated heterocycles. The Morgan fingerprint density at radius 2 is 1.42 bits per heavy atom. The van der Waals surface area contributed by atoms with E-state index in [1.54, 1.807) is 33.5 Å². The predicted molar refractivity (Wildman–Crippen MR) is 204 cm³/mol. The summed E-state index contributed by atoms with van der Waals surface area (Å²) in [4.78, 5) is 12.8. The summed E-state index contributed by atoms with van der Waals surface area (Å²) < 4.78 is 86.6. The number of unbranched alkanes of at least 4 members (excludes halogenated alkanes) is 2. The average Bonchev–Trinajstić information content (AvgIpc) is 3.43. The molecule has 13 nitrogen and oxygen atoms in total. The Morgan fingerprint density at radius 3 is 2.00 bits per heavy atom. The maximum absolute atomic E-state index is 12.1. The summed E-state index contributed by atoms with van der Waals surface area (Å²) in [5.41, 5.74) is 3.70. The van der Waals surface area contributed by atoms with Crippen LogP contribution in [0.4, 0.5) is 11.4 Å². The van der Waals surface area contributed by atoms with Crippen molar-refractivity contribution in [3.8, 4) is 0 Å². The molecule has 0 amide bonds. The zero-order valence-corrected chi connectivity index (χ0v) is 34.0. The summed E-state index contributed by atoms with van der Waals surface area (Å²) in [7, 11) is -6.99. The quantitative estimate of drug-likeness (QED) is 0.0508. The normalized spacial score (nSPS) is 17.8. The number of allylic oxidation sites excluding steroid dienone is 6. The molecule has 3 N–H and O–H groups in total. The van der Waals surface area contributed by atoms with Crippen LogP contribution in [-0.4, -0.2) is 90.5 Å². The number of carbonyl (C=O) groups is 1. The van der Waals surface area contributed by atoms with Gasteiger partial charge >= 0.3 is 14.8 Å². The molecule has 290 valence electrons. The van der Waals surface area contributed by atoms with Crippen molar-refractivity contribution in [2.24, 2.45) is 0 Å². The lowest BCUT2D eigenvalue weighted by Gasteiger charge is -2.29. The number of anilines is 1. The first-order valence-electron chi connectivity index (χ1n) is 17.3. The van der Waals surface area contributed by atoms with Gasteiger partial charge in [-0.3, -0.25) is 13.9 Å². The van der Waals surface area contributed by atoms with Crippen molar-refractivity contribution in [1.82, 2.24) is 0 Å². The molecule has 0 atom stereocenters. The molecule has 4 rings (SSSR count). The van der Waals surface area contributed by atoms with Crippen molar-refractivity contribution in [1.29, 1.82) is 0 Å². The van der Waals surface area contributed by atoms with Gasteiger partial charge in [-0.2, -0.15) is 21.4 Å². The Labute approximate surface area is 314 Å². The monoisotopic (exact) mass is 791 g/mol. The van der Waals surface area contributed by atoms with Crippen LogP contribution in [0.1, 0.15) is 70.9 Å². The summed E-state index contributed by atoms with van der Waals surface area (Å²) in [6.07, 6.45) is 12.3. The third kappa shape index (κ3) is 9.25. The van der Waals surface area contributed by atoms with Crippen LogP contribution < -0.4 is 4.90 Å². The molecular weight excluding hydrogens is 741 g/mol. The Kier molecular flexibility index (Phi) is 13.1. The highest BCUT2D eigenvalue weighted by Crippen LogP contribution is 2.49. The van der Waals surface area contributed by atoms with Crippen LogP contribution >= 0.6 is 0 Å². The maximum Gasteiger partial charge on any atom is 0.500 e. The zero-order chi connectivity index (χ0) is 39.4. The number of carboxylic acid groups (broad SMARTS) is 1. The van der Waals surface area contributed by atoms with E-state index < -0.39 is 45.8 Å². The van der Waals surface area contributed by atoms with E-state index in [4.69, 9.17) is 18.4 Å². The zero-order valence-electron chi connectivity index (χ0n) is 31.3. The van der Waals surface area contributed by atoms with Crippen molar-refractivity contribution in [2.45, 2.75) is 86.5 Å². The highest BCUT2D eigenvalue weighted by Gasteiger charge is 2.45. The Hall–Kier alpha value is -3.48. The lowest BCUT2D eigenvalue weighted by atomic mass is 9.81. The molecule has 16 heteroatoms. The lowest BCUT2D eigenvalue weighted by Crippen LogP contribution is -2.43. The molecule has 53 heavy (non-hydrogen) atoms. The van der Waals surface area contributed by atoms with Crippen LogP contribution in [-0.2, 0) is 49.1 Å². The van der Waals surface area contributed by atoms with Gasteiger partial charge in [-0.05, 0) is 75.1 Å². The van der Waals surface area contributed by atoms with Crippen molar-refractivity contribution >= 4 is 52.1 Å². The molecule has 0 unspecified atom stereocenters. The first-order chi connectivity index (χ1) is 24.7. The smallest absolute Gasteiger partial charge is 0.481 e. The maximum atomic E-state index is 12.1. The Balaban J connectivity index is 1.68. The molecule has 0 radical (unpaired) electrons. The first kappa shape index (κ1) is 42.3. The number of fused-ring (bicyclic) bond motifs is 2. The molecule has 0 aliphatic carbocycles. The molecule has 0 aromatic heterocycles. The molecule has 0 saturated carbocycles. The SMILES string of the molecule is CO[Si](CCCN1/C(=C/C=C/C=C/C2=[N+](CCCCCC(=O)O)c3ccc(S(=O)(=O)O)cc3C2(C)C)C(C)(C)c2cc(S(=O)(=O)O)ccc21)(OC)OC. The van der Waals surface area contributed by atoms with Gasteiger partial charge in [0.25, 0.3) is 20.2 Å². The minimum atomic E-state index is -4.42. The number of aliphatic carboxylic acids is 1. The van der Waals surface area contributed by atoms with E-state index in [1.165, 1.54) is 24.3 Å². The van der Waals surface area contributed by atoms with E-state index in [9.17, 15) is 30.7 Å². The second-order valence-electron chi connectivity index (χ2n) is 14.1. The molecule has 2 aromatic rings. The number of benzene rings is 2. The van der Waals surface area contributed by atoms with Crippen LogP contribution in [0, 0.1) is 0 Å². The van der Waals surface area contributed by atoms with Gasteiger partial charge in [0.2, 0.25) is 5.69 Å². The predicted octanol–water partition coefficient (Wildman–Crippen LogP) is 6.26. The van der Waals surface area contributed by atoms with Gasteiger partial charge in [0, 0.05) is 81.3 Å². The van der Waals surface area contributed by atoms with Crippen LogP contribution in [0.3, 0.4) is 0 Å². The summed E-state index contributed by atoms with van der Waals surface area (Å²) in [6.45, 7) is 9.11. The summed E-state index contributed by atoms with van der Waals surface area (Å²) in [6, 6.07) is 9.75. The van der Waals surface area contributed by atoms with E-state index >= 15 is 0 Å². The van der Waals surface area contributed by atoms with Gasteiger partial charge in [0.15, 0.2) is 5.71 Å². The van der Waals surface area contributed by atoms with Gasteiger partial charge in [-0.15, -0.1) is 0 Å². The second kappa shape index (κ2) is 16.5. The van der Waals surface area contributed by atoms with Crippen molar-refractivity contribution < 1.29 is 53.7 Å². The number of hydrogen-bond acceptors (Lipinski definition) is 9. The summed E-state index contributed by atoms with van der Waals surface area (Å²) >= 11 is 0. The lowest BCUT2D eigenvalue weighted by molar-refractivity contribution is -0.438. The van der Waals surface area contributed by atoms with Crippen LogP contribution in [0.5, 0.6) is 0 Å². The fourth-order valence-electron chi connectivity index (χ4n) is 7.20. The highest BCUT2D eigenvalue weighted by atomic mass is 32.2. The molecule has 2 heterocycles. The van der Waals surface area contributed by atoms with Crippen molar-refractivity contribution in [3.05, 3.63) is 83.6 Å². The third-order valence-corrected chi connectivity index (χ3v) is 14.7. The van der Waals surface area contributed by atoms with Crippen LogP contribution in [0.25, 0.3) is 0 Å². The van der Waals surface area contributed by atoms with Crippen LogP contribution in [0.15, 0.2) is 82.3 Å². The molecule has 0 fully saturated rings. The van der Waals surface area contributed by atoms with E-state index in [-0.39, 0.29) is 16.2 Å². The molecular formula is C37H51N2O11S2Si+. The minimum Gasteiger partial charge on any atom is -0.481 e. The summed E-state index contributed by atoms with van der Waals surface area (Å²) in [5.74, 6) is -0.838. The van der Waals surface area contributed by atoms with E-state index in [0.29, 0.717) is 38.4 Å². The van der Waals surface area contributed by atoms with Gasteiger partial charge < -0.3 is 23.3 Å². The number of rotatable bonds is 18. The highest BCUT2D eigenvalue weighted by molar-refractivity contribution is 7.86. The fourth-order valence-corrected chi connectivity index (χ4v) is 9.92. The molecule has 0 bridgehead atoms. The fraction of sp³-hybridized carbons (Fsp3) is 0.459. The van der Waals surface area contributed by atoms with E-state index in [2.05, 4.69) is 9.48 Å². The Morgan fingerprint density at radius 1 is 0.811 bits per heavy atom. The van der Waals surface area contributed by atoms with Gasteiger partial charge in [-0.25, -0.2) is 0 Å². The minimum absolute atomic E-state index is 0.0908. The van der Waals surface area contributed by atoms with Crippen LogP contribution in [0.2, 0.25) is 6.04 Å². The van der Waals surface area contributed by atoms with Crippen molar-refractivity contribution in [3.63, 3.8) is 0 Å². The third-order valence-electron chi connectivity index (χ3n) is 10.1. The molecule has 2 aliphatic rings. The number of hydrogen-bond donors (Lipinski definition) is 3. The van der Waals surface area contributed by atoms with Gasteiger partial charge in [0.1, 0.15) is 6.54 Å². The van der Waals surface area contributed by atoms with E-state index in [1.807, 2.05) is 58.1 Å². The topological polar surface area (TPSA) is 180 Å². The molecule has 0 spiro atoms. The largest absolute Gasteiger partial charge is 0.500 e. The van der Waals surface area contributed by atoms with Gasteiger partial charge in [0.05, 0.1) is 15.2 Å².